The largest absolute Gasteiger partial charge is 0.508 e. The van der Waals surface area contributed by atoms with Crippen LogP contribution in [0.25, 0.3) is 0 Å². The number of aryl methyl sites for hydroxylation is 1. The lowest BCUT2D eigenvalue weighted by molar-refractivity contribution is 0.132. The van der Waals surface area contributed by atoms with Crippen LogP contribution in [0.5, 0.6) is 5.75 Å². The zero-order chi connectivity index (χ0) is 12.3. The smallest absolute Gasteiger partial charge is 0.115 e. The van der Waals surface area contributed by atoms with Crippen molar-refractivity contribution in [3.05, 3.63) is 29.3 Å². The van der Waals surface area contributed by atoms with Gasteiger partial charge in [0.2, 0.25) is 0 Å². The van der Waals surface area contributed by atoms with Crippen molar-refractivity contribution in [1.82, 2.24) is 9.80 Å². The van der Waals surface area contributed by atoms with Crippen LogP contribution >= 0.6 is 0 Å². The van der Waals surface area contributed by atoms with Crippen LogP contribution in [0.15, 0.2) is 18.2 Å². The lowest BCUT2D eigenvalue weighted by atomic mass is 10.1. The highest BCUT2D eigenvalue weighted by Crippen LogP contribution is 2.17. The third-order valence-electron chi connectivity index (χ3n) is 3.63. The molecule has 0 spiro atoms. The van der Waals surface area contributed by atoms with Crippen molar-refractivity contribution < 1.29 is 5.11 Å². The second kappa shape index (κ2) is 5.52. The van der Waals surface area contributed by atoms with Crippen LogP contribution in [0.3, 0.4) is 0 Å². The molecular formula is C14H22N2O. The Labute approximate surface area is 104 Å². The number of hydrogen-bond acceptors (Lipinski definition) is 3. The topological polar surface area (TPSA) is 26.7 Å². The molecule has 1 fully saturated rings. The summed E-state index contributed by atoms with van der Waals surface area (Å²) in [7, 11) is 0. The first kappa shape index (κ1) is 12.4. The number of phenolic OH excluding ortho intramolecular Hbond substituents is 1. The van der Waals surface area contributed by atoms with Crippen molar-refractivity contribution in [1.29, 1.82) is 0 Å². The predicted octanol–water partition coefficient (Wildman–Crippen LogP) is 1.84. The van der Waals surface area contributed by atoms with Crippen LogP contribution in [0.1, 0.15) is 18.1 Å². The Hall–Kier alpha value is -1.06. The van der Waals surface area contributed by atoms with Crippen molar-refractivity contribution >= 4 is 0 Å². The maximum absolute atomic E-state index is 9.39. The van der Waals surface area contributed by atoms with E-state index in [9.17, 15) is 5.11 Å². The first-order chi connectivity index (χ1) is 8.19. The molecule has 3 heteroatoms. The Balaban J connectivity index is 1.93. The number of nitrogens with zero attached hydrogens (tertiary/aromatic N) is 2. The van der Waals surface area contributed by atoms with Crippen molar-refractivity contribution in [3.8, 4) is 5.75 Å². The number of rotatable bonds is 3. The standard InChI is InChI=1S/C14H22N2O/c1-3-15-6-8-16(9-7-15)11-13-4-5-14(17)10-12(13)2/h4-5,10,17H,3,6-9,11H2,1-2H3. The maximum atomic E-state index is 9.39. The molecule has 2 rings (SSSR count). The fourth-order valence-electron chi connectivity index (χ4n) is 2.36. The zero-order valence-electron chi connectivity index (χ0n) is 10.8. The summed E-state index contributed by atoms with van der Waals surface area (Å²) in [6, 6.07) is 5.67. The number of aromatic hydroxyl groups is 1. The van der Waals surface area contributed by atoms with E-state index in [1.165, 1.54) is 24.2 Å². The number of likely N-dealkylation sites (N-methyl/N-ethyl adjacent to an activating group) is 1. The Morgan fingerprint density at radius 1 is 1.12 bits per heavy atom. The van der Waals surface area contributed by atoms with Crippen molar-refractivity contribution in [2.75, 3.05) is 32.7 Å². The van der Waals surface area contributed by atoms with E-state index in [2.05, 4.69) is 23.6 Å². The molecule has 0 atom stereocenters. The lowest BCUT2D eigenvalue weighted by Crippen LogP contribution is -2.45. The molecule has 1 aromatic carbocycles. The van der Waals surface area contributed by atoms with Gasteiger partial charge in [-0.15, -0.1) is 0 Å². The Kier molecular flexibility index (Phi) is 4.02. The molecule has 94 valence electrons. The summed E-state index contributed by atoms with van der Waals surface area (Å²) >= 11 is 0. The van der Waals surface area contributed by atoms with Gasteiger partial charge in [0.25, 0.3) is 0 Å². The summed E-state index contributed by atoms with van der Waals surface area (Å²) in [6.45, 7) is 11.1. The zero-order valence-corrected chi connectivity index (χ0v) is 10.8. The van der Waals surface area contributed by atoms with Crippen LogP contribution in [0, 0.1) is 6.92 Å². The van der Waals surface area contributed by atoms with Crippen LogP contribution in [-0.2, 0) is 6.54 Å². The number of piperazine rings is 1. The van der Waals surface area contributed by atoms with E-state index in [1.807, 2.05) is 12.1 Å². The van der Waals surface area contributed by atoms with Crippen LogP contribution in [0.2, 0.25) is 0 Å². The van der Waals surface area contributed by atoms with Gasteiger partial charge in [0.1, 0.15) is 5.75 Å². The fourth-order valence-corrected chi connectivity index (χ4v) is 2.36. The average Bonchev–Trinajstić information content (AvgIpc) is 2.34. The van der Waals surface area contributed by atoms with Gasteiger partial charge < -0.3 is 10.0 Å². The molecule has 1 aliphatic heterocycles. The number of phenols is 1. The molecule has 0 saturated carbocycles. The van der Waals surface area contributed by atoms with E-state index in [4.69, 9.17) is 0 Å². The van der Waals surface area contributed by atoms with Crippen LogP contribution in [0.4, 0.5) is 0 Å². The molecule has 1 aliphatic rings. The van der Waals surface area contributed by atoms with Crippen molar-refractivity contribution in [2.24, 2.45) is 0 Å². The van der Waals surface area contributed by atoms with Gasteiger partial charge in [-0.25, -0.2) is 0 Å². The summed E-state index contributed by atoms with van der Waals surface area (Å²) < 4.78 is 0. The summed E-state index contributed by atoms with van der Waals surface area (Å²) in [4.78, 5) is 4.98. The lowest BCUT2D eigenvalue weighted by Gasteiger charge is -2.34. The molecule has 0 unspecified atom stereocenters. The fraction of sp³-hybridized carbons (Fsp3) is 0.571. The molecule has 0 aliphatic carbocycles. The predicted molar refractivity (Wildman–Crippen MR) is 70.2 cm³/mol. The summed E-state index contributed by atoms with van der Waals surface area (Å²) in [6.07, 6.45) is 0. The van der Waals surface area contributed by atoms with Crippen LogP contribution < -0.4 is 0 Å². The molecule has 17 heavy (non-hydrogen) atoms. The van der Waals surface area contributed by atoms with E-state index >= 15 is 0 Å². The molecule has 1 aromatic rings. The van der Waals surface area contributed by atoms with Gasteiger partial charge in [0, 0.05) is 32.7 Å². The van der Waals surface area contributed by atoms with Gasteiger partial charge in [-0.1, -0.05) is 13.0 Å². The first-order valence-corrected chi connectivity index (χ1v) is 6.42. The van der Waals surface area contributed by atoms with Crippen molar-refractivity contribution in [2.45, 2.75) is 20.4 Å². The molecule has 0 amide bonds. The van der Waals surface area contributed by atoms with E-state index in [0.717, 1.165) is 26.2 Å². The maximum Gasteiger partial charge on any atom is 0.115 e. The van der Waals surface area contributed by atoms with E-state index in [1.54, 1.807) is 6.07 Å². The van der Waals surface area contributed by atoms with Gasteiger partial charge in [-0.05, 0) is 36.7 Å². The molecule has 1 heterocycles. The Morgan fingerprint density at radius 3 is 2.35 bits per heavy atom. The molecular weight excluding hydrogens is 212 g/mol. The molecule has 1 saturated heterocycles. The summed E-state index contributed by atoms with van der Waals surface area (Å²) in [5.74, 6) is 0.363. The molecule has 0 aromatic heterocycles. The molecule has 3 nitrogen and oxygen atoms in total. The quantitative estimate of drug-likeness (QED) is 0.864. The Morgan fingerprint density at radius 2 is 1.76 bits per heavy atom. The average molecular weight is 234 g/mol. The Bertz CT molecular complexity index is 370. The highest BCUT2D eigenvalue weighted by molar-refractivity contribution is 5.33. The minimum atomic E-state index is 0.363. The van der Waals surface area contributed by atoms with Gasteiger partial charge >= 0.3 is 0 Å². The minimum Gasteiger partial charge on any atom is -0.508 e. The van der Waals surface area contributed by atoms with E-state index in [0.29, 0.717) is 5.75 Å². The van der Waals surface area contributed by atoms with Gasteiger partial charge in [0.05, 0.1) is 0 Å². The number of hydrogen-bond donors (Lipinski definition) is 1. The van der Waals surface area contributed by atoms with E-state index in [-0.39, 0.29) is 0 Å². The van der Waals surface area contributed by atoms with Gasteiger partial charge in [-0.2, -0.15) is 0 Å². The van der Waals surface area contributed by atoms with Gasteiger partial charge in [0.15, 0.2) is 0 Å². The van der Waals surface area contributed by atoms with Gasteiger partial charge in [-0.3, -0.25) is 4.90 Å². The molecule has 0 bridgehead atoms. The third kappa shape index (κ3) is 3.20. The normalized spacial score (nSPS) is 18.5. The first-order valence-electron chi connectivity index (χ1n) is 6.42. The number of benzene rings is 1. The summed E-state index contributed by atoms with van der Waals surface area (Å²) in [5.41, 5.74) is 2.51. The monoisotopic (exact) mass is 234 g/mol. The highest BCUT2D eigenvalue weighted by atomic mass is 16.3. The van der Waals surface area contributed by atoms with Crippen molar-refractivity contribution in [3.63, 3.8) is 0 Å². The second-order valence-electron chi connectivity index (χ2n) is 4.82. The SMILES string of the molecule is CCN1CCN(Cc2ccc(O)cc2C)CC1. The summed E-state index contributed by atoms with van der Waals surface area (Å²) in [5, 5.41) is 9.39. The second-order valence-corrected chi connectivity index (χ2v) is 4.82. The molecule has 1 N–H and O–H groups in total. The molecule has 0 radical (unpaired) electrons. The van der Waals surface area contributed by atoms with Crippen LogP contribution in [-0.4, -0.2) is 47.6 Å². The minimum absolute atomic E-state index is 0.363. The highest BCUT2D eigenvalue weighted by Gasteiger charge is 2.15. The third-order valence-corrected chi connectivity index (χ3v) is 3.63. The van der Waals surface area contributed by atoms with E-state index < -0.39 is 0 Å².